The van der Waals surface area contributed by atoms with Crippen LogP contribution in [0.25, 0.3) is 6.08 Å². The van der Waals surface area contributed by atoms with Crippen molar-refractivity contribution in [2.45, 2.75) is 36.4 Å². The molecule has 10 nitrogen and oxygen atoms in total. The molecule has 2 aliphatic rings. The molecule has 15 heteroatoms. The molecule has 2 heterocycles. The monoisotopic (exact) mass is 625 g/mol. The van der Waals surface area contributed by atoms with E-state index >= 15 is 0 Å². The number of carbonyl (C=O) groups is 2. The topological polar surface area (TPSA) is 128 Å². The van der Waals surface area contributed by atoms with E-state index in [9.17, 15) is 35.4 Å². The predicted octanol–water partition coefficient (Wildman–Crippen LogP) is 2.43. The molecule has 0 radical (unpaired) electrons. The van der Waals surface area contributed by atoms with Gasteiger partial charge in [0.1, 0.15) is 22.4 Å². The van der Waals surface area contributed by atoms with Crippen LogP contribution < -0.4 is 10.0 Å². The first kappa shape index (κ1) is 31.5. The molecule has 226 valence electrons. The molecular formula is C27H30F3N5O5S2. The van der Waals surface area contributed by atoms with Crippen molar-refractivity contribution in [3.8, 4) is 0 Å². The van der Waals surface area contributed by atoms with Gasteiger partial charge in [0, 0.05) is 38.2 Å². The average molecular weight is 626 g/mol. The number of aliphatic imine (C=N–C) groups is 1. The third kappa shape index (κ3) is 6.97. The van der Waals surface area contributed by atoms with E-state index in [4.69, 9.17) is 0 Å². The number of halogens is 3. The summed E-state index contributed by atoms with van der Waals surface area (Å²) in [4.78, 5) is 30.8. The molecule has 2 aromatic carbocycles. The molecule has 4 rings (SSSR count). The number of benzene rings is 2. The lowest BCUT2D eigenvalue weighted by Crippen LogP contribution is -2.50. The molecule has 2 N–H and O–H groups in total. The van der Waals surface area contributed by atoms with E-state index in [1.807, 2.05) is 0 Å². The zero-order valence-electron chi connectivity index (χ0n) is 23.1. The first-order valence-corrected chi connectivity index (χ1v) is 15.5. The minimum Gasteiger partial charge on any atom is -0.348 e. The first-order chi connectivity index (χ1) is 19.6. The van der Waals surface area contributed by atoms with Crippen molar-refractivity contribution in [3.63, 3.8) is 0 Å². The van der Waals surface area contributed by atoms with Gasteiger partial charge in [0.25, 0.3) is 5.91 Å². The first-order valence-electron chi connectivity index (χ1n) is 12.8. The molecule has 1 unspecified atom stereocenters. The van der Waals surface area contributed by atoms with Crippen molar-refractivity contribution in [3.05, 3.63) is 70.1 Å². The van der Waals surface area contributed by atoms with Gasteiger partial charge in [-0.2, -0.15) is 17.5 Å². The Labute approximate surface area is 244 Å². The van der Waals surface area contributed by atoms with Gasteiger partial charge in [-0.3, -0.25) is 14.6 Å². The standard InChI is InChI=1S/C27H30F3N5O5S2/c1-18-15-22(41(38)31-17-23(36)34(2)3)8-7-19(18)9-14-42(39,40)35-12-10-26(11-13-35)25(37)32-24(33-26)20-5-4-6-21(16-20)27(28,29)30/h4-9,14-16,31H,10-13,17H2,1-3H3,(H,32,33,37)/b14-9+. The van der Waals surface area contributed by atoms with Crippen LogP contribution in [0.15, 0.2) is 57.8 Å². The van der Waals surface area contributed by atoms with Gasteiger partial charge in [0.15, 0.2) is 0 Å². The minimum absolute atomic E-state index is 0.00625. The fourth-order valence-electron chi connectivity index (χ4n) is 4.51. The number of hydrogen-bond acceptors (Lipinski definition) is 6. The molecule has 1 atom stereocenters. The van der Waals surface area contributed by atoms with Crippen molar-refractivity contribution in [1.82, 2.24) is 19.2 Å². The van der Waals surface area contributed by atoms with Crippen LogP contribution in [0.1, 0.15) is 35.1 Å². The molecule has 42 heavy (non-hydrogen) atoms. The number of amides is 2. The fourth-order valence-corrected chi connectivity index (χ4v) is 6.59. The van der Waals surface area contributed by atoms with E-state index in [1.54, 1.807) is 39.2 Å². The summed E-state index contributed by atoms with van der Waals surface area (Å²) in [5, 5.41) is 3.62. The van der Waals surface area contributed by atoms with Crippen molar-refractivity contribution >= 4 is 44.7 Å². The number of nitrogens with zero attached hydrogens (tertiary/aromatic N) is 3. The third-order valence-corrected chi connectivity index (χ3v) is 9.73. The number of likely N-dealkylation sites (N-methyl/N-ethyl adjacent to an activating group) is 1. The number of piperidine rings is 1. The van der Waals surface area contributed by atoms with E-state index in [0.29, 0.717) is 16.0 Å². The number of hydrogen-bond donors (Lipinski definition) is 2. The Morgan fingerprint density at radius 3 is 2.50 bits per heavy atom. The van der Waals surface area contributed by atoms with Crippen LogP contribution >= 0.6 is 0 Å². The van der Waals surface area contributed by atoms with Crippen molar-refractivity contribution in [2.75, 3.05) is 33.7 Å². The van der Waals surface area contributed by atoms with E-state index in [1.165, 1.54) is 27.4 Å². The summed E-state index contributed by atoms with van der Waals surface area (Å²) in [6.07, 6.45) is -2.99. The van der Waals surface area contributed by atoms with Crippen LogP contribution in [0.3, 0.4) is 0 Å². The van der Waals surface area contributed by atoms with Gasteiger partial charge >= 0.3 is 6.18 Å². The lowest BCUT2D eigenvalue weighted by atomic mass is 9.89. The van der Waals surface area contributed by atoms with Crippen molar-refractivity contribution < 1.29 is 35.4 Å². The molecule has 2 amide bonds. The zero-order valence-corrected chi connectivity index (χ0v) is 24.7. The normalized spacial score (nSPS) is 18.2. The van der Waals surface area contributed by atoms with Gasteiger partial charge in [-0.25, -0.2) is 17.3 Å². The summed E-state index contributed by atoms with van der Waals surface area (Å²) in [5.41, 5.74) is -0.743. The van der Waals surface area contributed by atoms with Crippen molar-refractivity contribution in [1.29, 1.82) is 0 Å². The molecule has 2 aromatic rings. The van der Waals surface area contributed by atoms with Crippen LogP contribution in [-0.4, -0.2) is 78.8 Å². The van der Waals surface area contributed by atoms with Gasteiger partial charge in [-0.05, 0) is 61.2 Å². The Balaban J connectivity index is 1.41. The number of sulfonamides is 1. The summed E-state index contributed by atoms with van der Waals surface area (Å²) >= 11 is 0. The third-order valence-electron chi connectivity index (χ3n) is 7.08. The predicted molar refractivity (Wildman–Crippen MR) is 152 cm³/mol. The number of alkyl halides is 3. The quantitative estimate of drug-likeness (QED) is 0.466. The average Bonchev–Trinajstić information content (AvgIpc) is 3.25. The highest BCUT2D eigenvalue weighted by Crippen LogP contribution is 2.34. The Morgan fingerprint density at radius 2 is 1.88 bits per heavy atom. The number of rotatable bonds is 8. The lowest BCUT2D eigenvalue weighted by Gasteiger charge is -2.34. The summed E-state index contributed by atoms with van der Waals surface area (Å²) in [5.74, 6) is -0.678. The Morgan fingerprint density at radius 1 is 1.19 bits per heavy atom. The maximum atomic E-state index is 13.1. The Kier molecular flexibility index (Phi) is 9.06. The number of aryl methyl sites for hydroxylation is 1. The maximum Gasteiger partial charge on any atom is 0.416 e. The molecule has 0 bridgehead atoms. The molecule has 0 saturated carbocycles. The highest BCUT2D eigenvalue weighted by Gasteiger charge is 2.47. The number of carbonyl (C=O) groups excluding carboxylic acids is 2. The van der Waals surface area contributed by atoms with Crippen molar-refractivity contribution in [2.24, 2.45) is 4.99 Å². The van der Waals surface area contributed by atoms with Gasteiger partial charge in [-0.1, -0.05) is 18.2 Å². The second-order valence-electron chi connectivity index (χ2n) is 10.2. The summed E-state index contributed by atoms with van der Waals surface area (Å²) in [7, 11) is -2.32. The molecule has 0 aliphatic carbocycles. The lowest BCUT2D eigenvalue weighted by molar-refractivity contribution is -0.137. The van der Waals surface area contributed by atoms with E-state index in [2.05, 4.69) is 15.0 Å². The van der Waals surface area contributed by atoms with Crippen LogP contribution in [0.2, 0.25) is 0 Å². The highest BCUT2D eigenvalue weighted by molar-refractivity contribution is 7.92. The second kappa shape index (κ2) is 12.1. The Hall–Kier alpha value is -3.40. The highest BCUT2D eigenvalue weighted by atomic mass is 32.2. The molecule has 1 saturated heterocycles. The molecule has 0 aromatic heterocycles. The molecule has 1 spiro atoms. The van der Waals surface area contributed by atoms with E-state index < -0.39 is 44.2 Å². The molecule has 1 fully saturated rings. The summed E-state index contributed by atoms with van der Waals surface area (Å²) in [6.45, 7) is 1.62. The summed E-state index contributed by atoms with van der Waals surface area (Å²) in [6, 6.07) is 9.34. The molecule has 2 aliphatic heterocycles. The SMILES string of the molecule is Cc1cc(S(=O)NCC(=O)N(C)C)ccc1/C=C/S(=O)(=O)N1CCC2(CC1)N=C(c1cccc(C(F)(F)F)c1)NC2=O. The summed E-state index contributed by atoms with van der Waals surface area (Å²) < 4.78 is 81.8. The van der Waals surface area contributed by atoms with Crippen LogP contribution in [0, 0.1) is 6.92 Å². The van der Waals surface area contributed by atoms with Crippen LogP contribution in [-0.2, 0) is 36.8 Å². The minimum atomic E-state index is -4.55. The van der Waals surface area contributed by atoms with Crippen LogP contribution in [0.4, 0.5) is 13.2 Å². The number of amidine groups is 1. The van der Waals surface area contributed by atoms with Crippen LogP contribution in [0.5, 0.6) is 0 Å². The largest absolute Gasteiger partial charge is 0.416 e. The van der Waals surface area contributed by atoms with Gasteiger partial charge in [0.2, 0.25) is 15.9 Å². The van der Waals surface area contributed by atoms with Gasteiger partial charge in [0.05, 0.1) is 17.0 Å². The smallest absolute Gasteiger partial charge is 0.348 e. The van der Waals surface area contributed by atoms with E-state index in [0.717, 1.165) is 17.5 Å². The number of nitrogens with one attached hydrogen (secondary N) is 2. The second-order valence-corrected chi connectivity index (χ2v) is 13.3. The van der Waals surface area contributed by atoms with Gasteiger partial charge < -0.3 is 10.2 Å². The van der Waals surface area contributed by atoms with E-state index in [-0.39, 0.29) is 49.8 Å². The zero-order chi connectivity index (χ0) is 30.9. The maximum absolute atomic E-state index is 13.1. The fraction of sp³-hybridized carbons (Fsp3) is 0.370. The Bertz CT molecular complexity index is 1580. The molecular weight excluding hydrogens is 595 g/mol. The van der Waals surface area contributed by atoms with Gasteiger partial charge in [-0.15, -0.1) is 0 Å².